The smallest absolute Gasteiger partial charge is 0.230 e. The van der Waals surface area contributed by atoms with Crippen molar-refractivity contribution >= 4 is 5.91 Å². The lowest BCUT2D eigenvalue weighted by molar-refractivity contribution is -0.137. The summed E-state index contributed by atoms with van der Waals surface area (Å²) < 4.78 is 11.1. The van der Waals surface area contributed by atoms with Gasteiger partial charge in [-0.25, -0.2) is 0 Å². The summed E-state index contributed by atoms with van der Waals surface area (Å²) in [5, 5.41) is 0. The molecule has 1 aromatic heterocycles. The van der Waals surface area contributed by atoms with Crippen molar-refractivity contribution in [3.05, 3.63) is 52.8 Å². The molecule has 0 saturated heterocycles. The Labute approximate surface area is 141 Å². The third kappa shape index (κ3) is 2.60. The standard InChI is InChI=1S/C19H20N2O3/c1-12-5-14-9-21(10-16(14)8-20-12)19(22)15-6-13-7-17(23-2)3-4-18(13)24-11-15/h3-5,7-8,15H,6,9-11H2,1-2H3. The van der Waals surface area contributed by atoms with Gasteiger partial charge in [-0.1, -0.05) is 0 Å². The quantitative estimate of drug-likeness (QED) is 0.852. The first-order valence-electron chi connectivity index (χ1n) is 8.17. The summed E-state index contributed by atoms with van der Waals surface area (Å²) in [6.07, 6.45) is 2.57. The fourth-order valence-corrected chi connectivity index (χ4v) is 3.47. The zero-order valence-electron chi connectivity index (χ0n) is 13.9. The molecule has 1 amide bonds. The van der Waals surface area contributed by atoms with Crippen LogP contribution in [0.5, 0.6) is 11.5 Å². The van der Waals surface area contributed by atoms with Gasteiger partial charge in [0.1, 0.15) is 18.1 Å². The first-order valence-corrected chi connectivity index (χ1v) is 8.17. The Bertz CT molecular complexity index is 803. The van der Waals surface area contributed by atoms with Gasteiger partial charge in [-0.05, 0) is 54.3 Å². The van der Waals surface area contributed by atoms with Crippen LogP contribution in [-0.4, -0.2) is 29.5 Å². The number of aryl methyl sites for hydroxylation is 1. The molecule has 3 heterocycles. The van der Waals surface area contributed by atoms with Crippen molar-refractivity contribution in [1.29, 1.82) is 0 Å². The van der Waals surface area contributed by atoms with Crippen molar-refractivity contribution in [2.24, 2.45) is 5.92 Å². The Morgan fingerprint density at radius 3 is 2.92 bits per heavy atom. The van der Waals surface area contributed by atoms with E-state index in [4.69, 9.17) is 9.47 Å². The molecule has 0 bridgehead atoms. The van der Waals surface area contributed by atoms with Crippen molar-refractivity contribution < 1.29 is 14.3 Å². The number of ether oxygens (including phenoxy) is 2. The third-order valence-corrected chi connectivity index (χ3v) is 4.78. The summed E-state index contributed by atoms with van der Waals surface area (Å²) in [5.41, 5.74) is 4.38. The zero-order valence-corrected chi connectivity index (χ0v) is 13.9. The van der Waals surface area contributed by atoms with Gasteiger partial charge in [0, 0.05) is 25.0 Å². The highest BCUT2D eigenvalue weighted by atomic mass is 16.5. The number of nitrogens with zero attached hydrogens (tertiary/aromatic N) is 2. The van der Waals surface area contributed by atoms with Crippen LogP contribution in [0, 0.1) is 12.8 Å². The molecule has 0 spiro atoms. The average Bonchev–Trinajstić information content (AvgIpc) is 3.03. The fraction of sp³-hybridized carbons (Fsp3) is 0.368. The maximum atomic E-state index is 12.9. The van der Waals surface area contributed by atoms with E-state index >= 15 is 0 Å². The summed E-state index contributed by atoms with van der Waals surface area (Å²) >= 11 is 0. The molecule has 5 heteroatoms. The molecule has 1 aromatic carbocycles. The van der Waals surface area contributed by atoms with Gasteiger partial charge in [0.05, 0.1) is 13.0 Å². The van der Waals surface area contributed by atoms with Crippen LogP contribution in [0.2, 0.25) is 0 Å². The van der Waals surface area contributed by atoms with Crippen LogP contribution >= 0.6 is 0 Å². The van der Waals surface area contributed by atoms with E-state index < -0.39 is 0 Å². The van der Waals surface area contributed by atoms with Gasteiger partial charge in [0.25, 0.3) is 0 Å². The molecular weight excluding hydrogens is 304 g/mol. The van der Waals surface area contributed by atoms with Crippen molar-refractivity contribution in [2.45, 2.75) is 26.4 Å². The molecule has 1 unspecified atom stereocenters. The molecule has 2 aliphatic rings. The number of fused-ring (bicyclic) bond motifs is 2. The number of pyridine rings is 1. The number of hydrogen-bond donors (Lipinski definition) is 0. The van der Waals surface area contributed by atoms with Crippen LogP contribution < -0.4 is 9.47 Å². The minimum atomic E-state index is -0.145. The second kappa shape index (κ2) is 5.82. The molecule has 24 heavy (non-hydrogen) atoms. The maximum Gasteiger partial charge on any atom is 0.230 e. The maximum absolute atomic E-state index is 12.9. The molecule has 2 aromatic rings. The Balaban J connectivity index is 1.50. The second-order valence-electron chi connectivity index (χ2n) is 6.47. The Hall–Kier alpha value is -2.56. The molecule has 0 fully saturated rings. The summed E-state index contributed by atoms with van der Waals surface area (Å²) in [6, 6.07) is 7.82. The van der Waals surface area contributed by atoms with Gasteiger partial charge < -0.3 is 14.4 Å². The highest BCUT2D eigenvalue weighted by Crippen LogP contribution is 2.32. The minimum Gasteiger partial charge on any atom is -0.497 e. The Kier molecular flexibility index (Phi) is 3.63. The zero-order chi connectivity index (χ0) is 16.7. The first-order chi connectivity index (χ1) is 11.6. The Morgan fingerprint density at radius 1 is 1.25 bits per heavy atom. The average molecular weight is 324 g/mol. The molecule has 1 atom stereocenters. The number of hydrogen-bond acceptors (Lipinski definition) is 4. The van der Waals surface area contributed by atoms with Gasteiger partial charge in [0.2, 0.25) is 5.91 Å². The van der Waals surface area contributed by atoms with Crippen molar-refractivity contribution in [1.82, 2.24) is 9.88 Å². The number of carbonyl (C=O) groups is 1. The molecule has 5 nitrogen and oxygen atoms in total. The summed E-state index contributed by atoms with van der Waals surface area (Å²) in [7, 11) is 1.64. The summed E-state index contributed by atoms with van der Waals surface area (Å²) in [4.78, 5) is 19.1. The molecule has 0 saturated carbocycles. The Morgan fingerprint density at radius 2 is 2.08 bits per heavy atom. The van der Waals surface area contributed by atoms with E-state index in [1.807, 2.05) is 36.2 Å². The topological polar surface area (TPSA) is 51.7 Å². The van der Waals surface area contributed by atoms with Crippen LogP contribution in [-0.2, 0) is 24.3 Å². The predicted octanol–water partition coefficient (Wildman–Crippen LogP) is 2.49. The highest BCUT2D eigenvalue weighted by Gasteiger charge is 2.32. The second-order valence-corrected chi connectivity index (χ2v) is 6.47. The van der Waals surface area contributed by atoms with Crippen LogP contribution in [0.15, 0.2) is 30.5 Å². The van der Waals surface area contributed by atoms with Gasteiger partial charge in [-0.15, -0.1) is 0 Å². The normalized spacial score (nSPS) is 18.6. The van der Waals surface area contributed by atoms with E-state index in [2.05, 4.69) is 11.1 Å². The summed E-state index contributed by atoms with van der Waals surface area (Å²) in [5.74, 6) is 1.65. The lowest BCUT2D eigenvalue weighted by Gasteiger charge is -2.28. The highest BCUT2D eigenvalue weighted by molar-refractivity contribution is 5.80. The SMILES string of the molecule is COc1ccc2c(c1)CC(C(=O)N1Cc3cnc(C)cc3C1)CO2. The molecule has 0 radical (unpaired) electrons. The number of aromatic nitrogens is 1. The molecule has 4 rings (SSSR count). The van der Waals surface area contributed by atoms with E-state index in [9.17, 15) is 4.79 Å². The van der Waals surface area contributed by atoms with Gasteiger partial charge >= 0.3 is 0 Å². The van der Waals surface area contributed by atoms with Crippen molar-refractivity contribution in [2.75, 3.05) is 13.7 Å². The number of amides is 1. The number of rotatable bonds is 2. The number of methoxy groups -OCH3 is 1. The van der Waals surface area contributed by atoms with Gasteiger partial charge in [-0.2, -0.15) is 0 Å². The fourth-order valence-electron chi connectivity index (χ4n) is 3.47. The van der Waals surface area contributed by atoms with Gasteiger partial charge in [0.15, 0.2) is 0 Å². The van der Waals surface area contributed by atoms with Crippen LogP contribution in [0.4, 0.5) is 0 Å². The molecular formula is C19H20N2O3. The van der Waals surface area contributed by atoms with E-state index in [0.717, 1.165) is 28.3 Å². The third-order valence-electron chi connectivity index (χ3n) is 4.78. The monoisotopic (exact) mass is 324 g/mol. The lowest BCUT2D eigenvalue weighted by Crippen LogP contribution is -2.38. The van der Waals surface area contributed by atoms with Crippen LogP contribution in [0.1, 0.15) is 22.4 Å². The largest absolute Gasteiger partial charge is 0.497 e. The summed E-state index contributed by atoms with van der Waals surface area (Å²) in [6.45, 7) is 3.72. The number of benzene rings is 1. The van der Waals surface area contributed by atoms with E-state index in [1.165, 1.54) is 5.56 Å². The van der Waals surface area contributed by atoms with Crippen molar-refractivity contribution in [3.8, 4) is 11.5 Å². The van der Waals surface area contributed by atoms with Crippen molar-refractivity contribution in [3.63, 3.8) is 0 Å². The molecule has 0 aliphatic carbocycles. The predicted molar refractivity (Wildman–Crippen MR) is 88.9 cm³/mol. The van der Waals surface area contributed by atoms with E-state index in [1.54, 1.807) is 7.11 Å². The van der Waals surface area contributed by atoms with E-state index in [0.29, 0.717) is 26.1 Å². The first kappa shape index (κ1) is 15.0. The molecule has 124 valence electrons. The molecule has 2 aliphatic heterocycles. The number of carbonyl (C=O) groups excluding carboxylic acids is 1. The van der Waals surface area contributed by atoms with Crippen LogP contribution in [0.3, 0.4) is 0 Å². The lowest BCUT2D eigenvalue weighted by atomic mass is 9.95. The van der Waals surface area contributed by atoms with Gasteiger partial charge in [-0.3, -0.25) is 9.78 Å². The van der Waals surface area contributed by atoms with E-state index in [-0.39, 0.29) is 11.8 Å². The van der Waals surface area contributed by atoms with Crippen LogP contribution in [0.25, 0.3) is 0 Å². The minimum absolute atomic E-state index is 0.145. The molecule has 0 N–H and O–H groups in total.